The van der Waals surface area contributed by atoms with Gasteiger partial charge in [-0.3, -0.25) is 4.90 Å². The Morgan fingerprint density at radius 3 is 2.62 bits per heavy atom. The predicted octanol–water partition coefficient (Wildman–Crippen LogP) is 1.45. The van der Waals surface area contributed by atoms with Crippen molar-refractivity contribution >= 4 is 0 Å². The van der Waals surface area contributed by atoms with Crippen LogP contribution in [0, 0.1) is 5.92 Å². The molecule has 4 heteroatoms. The van der Waals surface area contributed by atoms with Crippen LogP contribution in [0.5, 0.6) is 0 Å². The Kier molecular flexibility index (Phi) is 5.35. The summed E-state index contributed by atoms with van der Waals surface area (Å²) in [6.45, 7) is 9.22. The van der Waals surface area contributed by atoms with E-state index in [2.05, 4.69) is 35.6 Å². The topological polar surface area (TPSA) is 55.0 Å². The molecule has 1 aromatic rings. The molecule has 90 valence electrons. The van der Waals surface area contributed by atoms with Crippen molar-refractivity contribution in [3.8, 4) is 0 Å². The van der Waals surface area contributed by atoms with Gasteiger partial charge in [0.1, 0.15) is 6.33 Å². The number of likely N-dealkylation sites (N-methyl/N-ethyl adjacent to an activating group) is 1. The van der Waals surface area contributed by atoms with Gasteiger partial charge in [0.25, 0.3) is 0 Å². The van der Waals surface area contributed by atoms with Gasteiger partial charge in [-0.05, 0) is 18.5 Å². The van der Waals surface area contributed by atoms with Crippen LogP contribution in [-0.4, -0.2) is 34.5 Å². The fraction of sp³-hybridized carbons (Fsp3) is 0.667. The van der Waals surface area contributed by atoms with Crippen molar-refractivity contribution in [2.45, 2.75) is 26.8 Å². The largest absolute Gasteiger partial charge is 0.329 e. The first-order valence-electron chi connectivity index (χ1n) is 5.89. The quantitative estimate of drug-likeness (QED) is 0.791. The molecule has 0 radical (unpaired) electrons. The van der Waals surface area contributed by atoms with Crippen LogP contribution in [0.1, 0.15) is 32.5 Å². The fourth-order valence-electron chi connectivity index (χ4n) is 1.90. The fourth-order valence-corrected chi connectivity index (χ4v) is 1.90. The summed E-state index contributed by atoms with van der Waals surface area (Å²) in [5, 5.41) is 0. The van der Waals surface area contributed by atoms with Gasteiger partial charge in [-0.15, -0.1) is 0 Å². The molecule has 0 aromatic carbocycles. The summed E-state index contributed by atoms with van der Waals surface area (Å²) >= 11 is 0. The number of nitrogens with two attached hydrogens (primary N) is 1. The summed E-state index contributed by atoms with van der Waals surface area (Å²) in [6.07, 6.45) is 3.36. The van der Waals surface area contributed by atoms with Crippen molar-refractivity contribution in [2.75, 3.05) is 19.6 Å². The number of rotatable bonds is 6. The molecule has 0 fully saturated rings. The summed E-state index contributed by atoms with van der Waals surface area (Å²) in [4.78, 5) is 10.6. The van der Waals surface area contributed by atoms with Crippen LogP contribution in [0.4, 0.5) is 0 Å². The van der Waals surface area contributed by atoms with Gasteiger partial charge in [0.15, 0.2) is 0 Å². The van der Waals surface area contributed by atoms with Gasteiger partial charge >= 0.3 is 0 Å². The second kappa shape index (κ2) is 6.55. The lowest BCUT2D eigenvalue weighted by Crippen LogP contribution is -2.36. The normalized spacial score (nSPS) is 13.4. The Hall–Kier alpha value is -1.00. The number of hydrogen-bond acceptors (Lipinski definition) is 4. The third-order valence-electron chi connectivity index (χ3n) is 2.62. The van der Waals surface area contributed by atoms with Crippen molar-refractivity contribution in [2.24, 2.45) is 11.7 Å². The molecular formula is C12H22N4. The average molecular weight is 222 g/mol. The number of aromatic nitrogens is 2. The summed E-state index contributed by atoms with van der Waals surface area (Å²) in [6, 6.07) is 2.15. The van der Waals surface area contributed by atoms with E-state index < -0.39 is 0 Å². The average Bonchev–Trinajstić information content (AvgIpc) is 2.29. The monoisotopic (exact) mass is 222 g/mol. The SMILES string of the molecule is CCN(CC(C)C)C(CN)c1ccncn1. The lowest BCUT2D eigenvalue weighted by atomic mass is 10.1. The highest BCUT2D eigenvalue weighted by Gasteiger charge is 2.19. The van der Waals surface area contributed by atoms with Gasteiger partial charge in [0, 0.05) is 19.3 Å². The maximum absolute atomic E-state index is 5.85. The molecule has 0 spiro atoms. The Balaban J connectivity index is 2.79. The van der Waals surface area contributed by atoms with Crippen LogP contribution in [0.25, 0.3) is 0 Å². The first-order chi connectivity index (χ1) is 7.69. The molecule has 1 unspecified atom stereocenters. The Labute approximate surface area is 97.9 Å². The van der Waals surface area contributed by atoms with E-state index in [1.165, 1.54) is 0 Å². The molecule has 0 saturated heterocycles. The summed E-state index contributed by atoms with van der Waals surface area (Å²) in [7, 11) is 0. The van der Waals surface area contributed by atoms with E-state index in [9.17, 15) is 0 Å². The Morgan fingerprint density at radius 2 is 2.19 bits per heavy atom. The van der Waals surface area contributed by atoms with Gasteiger partial charge in [-0.25, -0.2) is 9.97 Å². The molecule has 1 aromatic heterocycles. The lowest BCUT2D eigenvalue weighted by molar-refractivity contribution is 0.186. The standard InChI is InChI=1S/C12H22N4/c1-4-16(8-10(2)3)12(7-13)11-5-6-14-9-15-11/h5-6,9-10,12H,4,7-8,13H2,1-3H3. The van der Waals surface area contributed by atoms with Gasteiger partial charge in [-0.1, -0.05) is 20.8 Å². The van der Waals surface area contributed by atoms with Gasteiger partial charge in [-0.2, -0.15) is 0 Å². The molecule has 2 N–H and O–H groups in total. The highest BCUT2D eigenvalue weighted by molar-refractivity contribution is 5.05. The number of nitrogens with zero attached hydrogens (tertiary/aromatic N) is 3. The van der Waals surface area contributed by atoms with E-state index in [4.69, 9.17) is 5.73 Å². The molecular weight excluding hydrogens is 200 g/mol. The summed E-state index contributed by atoms with van der Waals surface area (Å²) in [5.74, 6) is 0.635. The Morgan fingerprint density at radius 1 is 1.44 bits per heavy atom. The minimum absolute atomic E-state index is 0.204. The maximum atomic E-state index is 5.85. The van der Waals surface area contributed by atoms with Crippen LogP contribution in [0.2, 0.25) is 0 Å². The van der Waals surface area contributed by atoms with E-state index >= 15 is 0 Å². The van der Waals surface area contributed by atoms with Crippen molar-refractivity contribution < 1.29 is 0 Å². The first kappa shape index (κ1) is 13.1. The molecule has 4 nitrogen and oxygen atoms in total. The molecule has 16 heavy (non-hydrogen) atoms. The molecule has 0 bridgehead atoms. The predicted molar refractivity (Wildman–Crippen MR) is 65.9 cm³/mol. The van der Waals surface area contributed by atoms with Crippen molar-refractivity contribution in [3.63, 3.8) is 0 Å². The van der Waals surface area contributed by atoms with Crippen LogP contribution < -0.4 is 5.73 Å². The van der Waals surface area contributed by atoms with Crippen molar-refractivity contribution in [3.05, 3.63) is 24.3 Å². The summed E-state index contributed by atoms with van der Waals surface area (Å²) < 4.78 is 0. The third kappa shape index (κ3) is 3.54. The highest BCUT2D eigenvalue weighted by atomic mass is 15.2. The van der Waals surface area contributed by atoms with E-state index in [0.29, 0.717) is 12.5 Å². The molecule has 1 heterocycles. The van der Waals surface area contributed by atoms with E-state index in [0.717, 1.165) is 18.8 Å². The van der Waals surface area contributed by atoms with Crippen LogP contribution in [0.3, 0.4) is 0 Å². The van der Waals surface area contributed by atoms with Gasteiger partial charge < -0.3 is 5.73 Å². The van der Waals surface area contributed by atoms with Crippen LogP contribution >= 0.6 is 0 Å². The molecule has 0 aliphatic carbocycles. The van der Waals surface area contributed by atoms with Crippen LogP contribution in [-0.2, 0) is 0 Å². The minimum atomic E-state index is 0.204. The maximum Gasteiger partial charge on any atom is 0.115 e. The van der Waals surface area contributed by atoms with Gasteiger partial charge in [0.2, 0.25) is 0 Å². The highest BCUT2D eigenvalue weighted by Crippen LogP contribution is 2.17. The zero-order chi connectivity index (χ0) is 12.0. The summed E-state index contributed by atoms with van der Waals surface area (Å²) in [5.41, 5.74) is 6.87. The van der Waals surface area contributed by atoms with Crippen molar-refractivity contribution in [1.29, 1.82) is 0 Å². The van der Waals surface area contributed by atoms with E-state index in [1.807, 2.05) is 6.07 Å². The Bertz CT molecular complexity index is 286. The first-order valence-corrected chi connectivity index (χ1v) is 5.89. The minimum Gasteiger partial charge on any atom is -0.329 e. The molecule has 0 aliphatic heterocycles. The van der Waals surface area contributed by atoms with E-state index in [1.54, 1.807) is 12.5 Å². The van der Waals surface area contributed by atoms with E-state index in [-0.39, 0.29) is 6.04 Å². The molecule has 1 atom stereocenters. The smallest absolute Gasteiger partial charge is 0.115 e. The molecule has 0 amide bonds. The molecule has 0 aliphatic rings. The number of hydrogen-bond donors (Lipinski definition) is 1. The van der Waals surface area contributed by atoms with Crippen molar-refractivity contribution in [1.82, 2.24) is 14.9 Å². The molecule has 0 saturated carbocycles. The lowest BCUT2D eigenvalue weighted by Gasteiger charge is -2.30. The second-order valence-corrected chi connectivity index (χ2v) is 4.37. The van der Waals surface area contributed by atoms with Gasteiger partial charge in [0.05, 0.1) is 11.7 Å². The zero-order valence-corrected chi connectivity index (χ0v) is 10.4. The second-order valence-electron chi connectivity index (χ2n) is 4.37. The third-order valence-corrected chi connectivity index (χ3v) is 2.62. The molecule has 1 rings (SSSR count). The van der Waals surface area contributed by atoms with Crippen LogP contribution in [0.15, 0.2) is 18.6 Å². The zero-order valence-electron chi connectivity index (χ0n) is 10.4.